The summed E-state index contributed by atoms with van der Waals surface area (Å²) in [6, 6.07) is 1.74. The second-order valence-corrected chi connectivity index (χ2v) is 2.40. The Bertz CT molecular complexity index is 381. The first-order valence-electron chi connectivity index (χ1n) is 3.78. The van der Waals surface area contributed by atoms with Gasteiger partial charge >= 0.3 is 0 Å². The Kier molecular flexibility index (Phi) is 1.97. The molecule has 0 aliphatic rings. The summed E-state index contributed by atoms with van der Waals surface area (Å²) in [4.78, 5) is 11.9. The van der Waals surface area contributed by atoms with Gasteiger partial charge in [-0.3, -0.25) is 5.10 Å². The molecule has 0 saturated carbocycles. The highest BCUT2D eigenvalue weighted by Gasteiger charge is 2.04. The Morgan fingerprint density at radius 3 is 3.00 bits per heavy atom. The number of nitrogens with one attached hydrogen (secondary N) is 1. The van der Waals surface area contributed by atoms with Gasteiger partial charge in [0.2, 0.25) is 0 Å². The molecule has 6 heteroatoms. The lowest BCUT2D eigenvalue weighted by Gasteiger charge is -1.89. The van der Waals surface area contributed by atoms with E-state index in [9.17, 15) is 0 Å². The molecule has 66 valence electrons. The first-order chi connectivity index (χ1) is 6.40. The van der Waals surface area contributed by atoms with E-state index in [4.69, 9.17) is 5.73 Å². The van der Waals surface area contributed by atoms with Crippen molar-refractivity contribution in [2.24, 2.45) is 5.73 Å². The van der Waals surface area contributed by atoms with Gasteiger partial charge in [0, 0.05) is 6.20 Å². The molecule has 0 unspecified atom stereocenters. The van der Waals surface area contributed by atoms with Crippen LogP contribution in [0.2, 0.25) is 0 Å². The molecule has 0 aliphatic carbocycles. The average molecular weight is 176 g/mol. The van der Waals surface area contributed by atoms with E-state index >= 15 is 0 Å². The topological polar surface area (TPSA) is 93.4 Å². The Morgan fingerprint density at radius 1 is 1.46 bits per heavy atom. The fourth-order valence-corrected chi connectivity index (χ4v) is 0.924. The number of hydrogen-bond donors (Lipinski definition) is 2. The molecule has 0 atom stereocenters. The molecule has 0 aromatic carbocycles. The smallest absolute Gasteiger partial charge is 0.199 e. The fourth-order valence-electron chi connectivity index (χ4n) is 0.924. The van der Waals surface area contributed by atoms with Crippen molar-refractivity contribution in [1.82, 2.24) is 25.1 Å². The second-order valence-electron chi connectivity index (χ2n) is 2.40. The molecule has 0 saturated heterocycles. The normalized spacial score (nSPS) is 10.2. The summed E-state index contributed by atoms with van der Waals surface area (Å²) in [6.07, 6.45) is 3.09. The largest absolute Gasteiger partial charge is 0.324 e. The maximum atomic E-state index is 5.37. The molecule has 0 fully saturated rings. The minimum Gasteiger partial charge on any atom is -0.324 e. The SMILES string of the molecule is NCc1nc(-c2ccncn2)n[nH]1. The van der Waals surface area contributed by atoms with E-state index in [-0.39, 0.29) is 0 Å². The maximum absolute atomic E-state index is 5.37. The predicted octanol–water partition coefficient (Wildman–Crippen LogP) is -0.280. The van der Waals surface area contributed by atoms with Crippen LogP contribution in [0.15, 0.2) is 18.6 Å². The van der Waals surface area contributed by atoms with Crippen LogP contribution >= 0.6 is 0 Å². The maximum Gasteiger partial charge on any atom is 0.199 e. The van der Waals surface area contributed by atoms with Crippen LogP contribution < -0.4 is 5.73 Å². The first-order valence-corrected chi connectivity index (χ1v) is 3.78. The number of aromatic nitrogens is 5. The summed E-state index contributed by atoms with van der Waals surface area (Å²) >= 11 is 0. The van der Waals surface area contributed by atoms with Crippen molar-refractivity contribution in [1.29, 1.82) is 0 Å². The highest BCUT2D eigenvalue weighted by Crippen LogP contribution is 2.08. The summed E-state index contributed by atoms with van der Waals surface area (Å²) in [5, 5.41) is 6.66. The first kappa shape index (κ1) is 7.81. The lowest BCUT2D eigenvalue weighted by molar-refractivity contribution is 0.917. The molecule has 3 N–H and O–H groups in total. The van der Waals surface area contributed by atoms with Gasteiger partial charge in [0.25, 0.3) is 0 Å². The third-order valence-electron chi connectivity index (χ3n) is 1.54. The van der Waals surface area contributed by atoms with Gasteiger partial charge in [0.15, 0.2) is 5.82 Å². The molecular formula is C7H8N6. The van der Waals surface area contributed by atoms with Gasteiger partial charge in [-0.25, -0.2) is 15.0 Å². The van der Waals surface area contributed by atoms with Crippen LogP contribution in [0.1, 0.15) is 5.82 Å². The number of rotatable bonds is 2. The minimum absolute atomic E-state index is 0.345. The third-order valence-corrected chi connectivity index (χ3v) is 1.54. The van der Waals surface area contributed by atoms with E-state index < -0.39 is 0 Å². The molecule has 13 heavy (non-hydrogen) atoms. The molecule has 0 bridgehead atoms. The van der Waals surface area contributed by atoms with E-state index in [0.717, 1.165) is 0 Å². The third kappa shape index (κ3) is 1.52. The van der Waals surface area contributed by atoms with Crippen molar-refractivity contribution in [2.75, 3.05) is 0 Å². The number of nitrogens with two attached hydrogens (primary N) is 1. The fraction of sp³-hybridized carbons (Fsp3) is 0.143. The molecule has 6 nitrogen and oxygen atoms in total. The summed E-state index contributed by atoms with van der Waals surface area (Å²) in [5.74, 6) is 1.19. The summed E-state index contributed by atoms with van der Waals surface area (Å²) < 4.78 is 0. The van der Waals surface area contributed by atoms with Gasteiger partial charge in [0.05, 0.1) is 6.54 Å². The minimum atomic E-state index is 0.345. The summed E-state index contributed by atoms with van der Waals surface area (Å²) in [6.45, 7) is 0.345. The average Bonchev–Trinajstić information content (AvgIpc) is 2.67. The van der Waals surface area contributed by atoms with Crippen molar-refractivity contribution in [3.8, 4) is 11.5 Å². The van der Waals surface area contributed by atoms with Gasteiger partial charge in [-0.15, -0.1) is 0 Å². The molecule has 0 radical (unpaired) electrons. The van der Waals surface area contributed by atoms with Gasteiger partial charge < -0.3 is 5.73 Å². The van der Waals surface area contributed by atoms with E-state index in [0.29, 0.717) is 23.9 Å². The van der Waals surface area contributed by atoms with Gasteiger partial charge in [-0.1, -0.05) is 0 Å². The molecule has 2 aromatic rings. The van der Waals surface area contributed by atoms with E-state index in [1.165, 1.54) is 6.33 Å². The van der Waals surface area contributed by atoms with E-state index in [1.807, 2.05) is 0 Å². The van der Waals surface area contributed by atoms with Crippen molar-refractivity contribution in [3.05, 3.63) is 24.4 Å². The highest BCUT2D eigenvalue weighted by molar-refractivity contribution is 5.46. The summed E-state index contributed by atoms with van der Waals surface area (Å²) in [5.41, 5.74) is 6.06. The molecule has 2 aromatic heterocycles. The molecule has 0 amide bonds. The van der Waals surface area contributed by atoms with Crippen LogP contribution in [0.5, 0.6) is 0 Å². The van der Waals surface area contributed by atoms with Crippen LogP contribution in [0, 0.1) is 0 Å². The zero-order valence-corrected chi connectivity index (χ0v) is 6.81. The van der Waals surface area contributed by atoms with Crippen molar-refractivity contribution in [2.45, 2.75) is 6.54 Å². The number of hydrogen-bond acceptors (Lipinski definition) is 5. The monoisotopic (exact) mass is 176 g/mol. The van der Waals surface area contributed by atoms with Crippen LogP contribution in [-0.2, 0) is 6.54 Å². The number of nitrogens with zero attached hydrogens (tertiary/aromatic N) is 4. The van der Waals surface area contributed by atoms with Crippen LogP contribution in [0.4, 0.5) is 0 Å². The van der Waals surface area contributed by atoms with E-state index in [2.05, 4.69) is 25.1 Å². The molecule has 0 aliphatic heterocycles. The van der Waals surface area contributed by atoms with Crippen LogP contribution in [0.25, 0.3) is 11.5 Å². The number of H-pyrrole nitrogens is 1. The van der Waals surface area contributed by atoms with Crippen LogP contribution in [-0.4, -0.2) is 25.1 Å². The molecule has 0 spiro atoms. The molecule has 2 rings (SSSR count). The van der Waals surface area contributed by atoms with Crippen molar-refractivity contribution >= 4 is 0 Å². The quantitative estimate of drug-likeness (QED) is 0.656. The van der Waals surface area contributed by atoms with E-state index in [1.54, 1.807) is 12.3 Å². The van der Waals surface area contributed by atoms with Crippen LogP contribution in [0.3, 0.4) is 0 Å². The molecule has 2 heterocycles. The summed E-state index contributed by atoms with van der Waals surface area (Å²) in [7, 11) is 0. The lowest BCUT2D eigenvalue weighted by atomic mass is 10.4. The Morgan fingerprint density at radius 2 is 2.38 bits per heavy atom. The zero-order valence-electron chi connectivity index (χ0n) is 6.81. The van der Waals surface area contributed by atoms with Gasteiger partial charge in [-0.05, 0) is 6.07 Å². The van der Waals surface area contributed by atoms with Crippen molar-refractivity contribution in [3.63, 3.8) is 0 Å². The Balaban J connectivity index is 2.36. The Labute approximate surface area is 74.2 Å². The zero-order chi connectivity index (χ0) is 9.10. The second kappa shape index (κ2) is 3.28. The lowest BCUT2D eigenvalue weighted by Crippen LogP contribution is -1.98. The van der Waals surface area contributed by atoms with Crippen molar-refractivity contribution < 1.29 is 0 Å². The number of aromatic amines is 1. The van der Waals surface area contributed by atoms with Gasteiger partial charge in [-0.2, -0.15) is 5.10 Å². The van der Waals surface area contributed by atoms with Gasteiger partial charge in [0.1, 0.15) is 17.8 Å². The standard InChI is InChI=1S/C7H8N6/c8-3-6-11-7(13-12-6)5-1-2-9-4-10-5/h1-2,4H,3,8H2,(H,11,12,13). The Hall–Kier alpha value is -1.82. The molecular weight excluding hydrogens is 168 g/mol. The highest BCUT2D eigenvalue weighted by atomic mass is 15.2. The predicted molar refractivity (Wildman–Crippen MR) is 45.3 cm³/mol.